The topological polar surface area (TPSA) is 34.1 Å². The molecule has 102 valence electrons. The summed E-state index contributed by atoms with van der Waals surface area (Å²) in [7, 11) is 0. The molecule has 0 saturated heterocycles. The molecule has 1 aromatic carbocycles. The number of thiazole rings is 1. The molecule has 2 aromatic rings. The zero-order chi connectivity index (χ0) is 13.7. The van der Waals surface area contributed by atoms with Crippen molar-refractivity contribution < 1.29 is 4.74 Å². The SMILES string of the molecule is Cc1ncc(COc2ccc(CNC(C)C)cc2)s1. The highest BCUT2D eigenvalue weighted by atomic mass is 32.1. The van der Waals surface area contributed by atoms with E-state index in [9.17, 15) is 0 Å². The molecule has 0 bridgehead atoms. The normalized spacial score (nSPS) is 10.9. The molecule has 0 aliphatic carbocycles. The molecule has 0 fully saturated rings. The minimum Gasteiger partial charge on any atom is -0.488 e. The van der Waals surface area contributed by atoms with E-state index in [1.54, 1.807) is 11.3 Å². The number of benzene rings is 1. The van der Waals surface area contributed by atoms with Crippen LogP contribution in [-0.2, 0) is 13.2 Å². The lowest BCUT2D eigenvalue weighted by Gasteiger charge is -2.09. The van der Waals surface area contributed by atoms with Crippen molar-refractivity contribution >= 4 is 11.3 Å². The summed E-state index contributed by atoms with van der Waals surface area (Å²) < 4.78 is 5.74. The van der Waals surface area contributed by atoms with Crippen LogP contribution in [0.3, 0.4) is 0 Å². The van der Waals surface area contributed by atoms with Crippen LogP contribution in [0, 0.1) is 6.92 Å². The molecule has 0 saturated carbocycles. The molecule has 0 unspecified atom stereocenters. The van der Waals surface area contributed by atoms with Gasteiger partial charge in [-0.05, 0) is 24.6 Å². The molecule has 1 aromatic heterocycles. The molecule has 1 N–H and O–H groups in total. The van der Waals surface area contributed by atoms with Gasteiger partial charge in [0.05, 0.1) is 9.88 Å². The van der Waals surface area contributed by atoms with Crippen molar-refractivity contribution in [1.82, 2.24) is 10.3 Å². The van der Waals surface area contributed by atoms with Crippen LogP contribution in [0.25, 0.3) is 0 Å². The molecular formula is C15H20N2OS. The Morgan fingerprint density at radius 3 is 2.58 bits per heavy atom. The average Bonchev–Trinajstić information content (AvgIpc) is 2.81. The second kappa shape index (κ2) is 6.68. The molecule has 1 heterocycles. The number of rotatable bonds is 6. The van der Waals surface area contributed by atoms with Crippen LogP contribution in [0.5, 0.6) is 5.75 Å². The molecule has 0 radical (unpaired) electrons. The zero-order valence-corrected chi connectivity index (χ0v) is 12.5. The Balaban J connectivity index is 1.84. The van der Waals surface area contributed by atoms with Gasteiger partial charge in [-0.2, -0.15) is 0 Å². The lowest BCUT2D eigenvalue weighted by atomic mass is 10.2. The fraction of sp³-hybridized carbons (Fsp3) is 0.400. The maximum Gasteiger partial charge on any atom is 0.124 e. The van der Waals surface area contributed by atoms with Crippen LogP contribution >= 0.6 is 11.3 Å². The van der Waals surface area contributed by atoms with E-state index in [4.69, 9.17) is 4.74 Å². The summed E-state index contributed by atoms with van der Waals surface area (Å²) in [5, 5.41) is 4.47. The predicted molar refractivity (Wildman–Crippen MR) is 79.6 cm³/mol. The van der Waals surface area contributed by atoms with Crippen molar-refractivity contribution in [3.05, 3.63) is 45.9 Å². The van der Waals surface area contributed by atoms with Gasteiger partial charge in [-0.25, -0.2) is 4.98 Å². The summed E-state index contributed by atoms with van der Waals surface area (Å²) >= 11 is 1.68. The van der Waals surface area contributed by atoms with E-state index in [0.717, 1.165) is 22.2 Å². The van der Waals surface area contributed by atoms with E-state index in [0.29, 0.717) is 12.6 Å². The van der Waals surface area contributed by atoms with Crippen molar-refractivity contribution in [2.45, 2.75) is 40.0 Å². The van der Waals surface area contributed by atoms with Gasteiger partial charge < -0.3 is 10.1 Å². The second-order valence-corrected chi connectivity index (χ2v) is 6.13. The van der Waals surface area contributed by atoms with Gasteiger partial charge in [-0.15, -0.1) is 11.3 Å². The van der Waals surface area contributed by atoms with Gasteiger partial charge in [0.25, 0.3) is 0 Å². The fourth-order valence-corrected chi connectivity index (χ4v) is 2.36. The summed E-state index contributed by atoms with van der Waals surface area (Å²) in [6.07, 6.45) is 1.88. The van der Waals surface area contributed by atoms with E-state index in [2.05, 4.69) is 36.3 Å². The maximum atomic E-state index is 5.74. The van der Waals surface area contributed by atoms with Gasteiger partial charge in [0.15, 0.2) is 0 Å². The summed E-state index contributed by atoms with van der Waals surface area (Å²) in [6.45, 7) is 7.79. The van der Waals surface area contributed by atoms with Crippen molar-refractivity contribution in [3.63, 3.8) is 0 Å². The Hall–Kier alpha value is -1.39. The molecule has 4 heteroatoms. The predicted octanol–water partition coefficient (Wildman–Crippen LogP) is 3.53. The summed E-state index contributed by atoms with van der Waals surface area (Å²) in [6, 6.07) is 8.74. The van der Waals surface area contributed by atoms with Gasteiger partial charge in [0.1, 0.15) is 12.4 Å². The van der Waals surface area contributed by atoms with Crippen molar-refractivity contribution in [1.29, 1.82) is 0 Å². The standard InChI is InChI=1S/C15H20N2OS/c1-11(2)16-8-13-4-6-14(7-5-13)18-10-15-9-17-12(3)19-15/h4-7,9,11,16H,8,10H2,1-3H3. The number of aryl methyl sites for hydroxylation is 1. The number of nitrogens with one attached hydrogen (secondary N) is 1. The highest BCUT2D eigenvalue weighted by Crippen LogP contribution is 2.17. The molecule has 19 heavy (non-hydrogen) atoms. The van der Waals surface area contributed by atoms with Gasteiger partial charge in [0, 0.05) is 18.8 Å². The molecule has 0 atom stereocenters. The van der Waals surface area contributed by atoms with Crippen LogP contribution in [0.15, 0.2) is 30.5 Å². The monoisotopic (exact) mass is 276 g/mol. The summed E-state index contributed by atoms with van der Waals surface area (Å²) in [5.74, 6) is 0.902. The molecule has 3 nitrogen and oxygen atoms in total. The molecule has 2 rings (SSSR count). The number of nitrogens with zero attached hydrogens (tertiary/aromatic N) is 1. The second-order valence-electron chi connectivity index (χ2n) is 4.81. The molecule has 0 aliphatic rings. The van der Waals surface area contributed by atoms with Gasteiger partial charge >= 0.3 is 0 Å². The first-order valence-electron chi connectivity index (χ1n) is 6.50. The van der Waals surface area contributed by atoms with Crippen LogP contribution in [-0.4, -0.2) is 11.0 Å². The molecule has 0 amide bonds. The Labute approximate surface area is 118 Å². The van der Waals surface area contributed by atoms with Gasteiger partial charge in [0.2, 0.25) is 0 Å². The van der Waals surface area contributed by atoms with Crippen LogP contribution < -0.4 is 10.1 Å². The average molecular weight is 276 g/mol. The van der Waals surface area contributed by atoms with Crippen LogP contribution in [0.2, 0.25) is 0 Å². The lowest BCUT2D eigenvalue weighted by Crippen LogP contribution is -2.21. The number of ether oxygens (including phenoxy) is 1. The first kappa shape index (κ1) is 14.0. The third-order valence-corrected chi connectivity index (χ3v) is 3.57. The summed E-state index contributed by atoms with van der Waals surface area (Å²) in [4.78, 5) is 5.37. The van der Waals surface area contributed by atoms with Gasteiger partial charge in [-0.3, -0.25) is 0 Å². The quantitative estimate of drug-likeness (QED) is 0.876. The van der Waals surface area contributed by atoms with Crippen LogP contribution in [0.4, 0.5) is 0 Å². The Bertz CT molecular complexity index is 505. The third kappa shape index (κ3) is 4.65. The number of aromatic nitrogens is 1. The first-order valence-corrected chi connectivity index (χ1v) is 7.31. The first-order chi connectivity index (χ1) is 9.13. The van der Waals surface area contributed by atoms with Gasteiger partial charge in [-0.1, -0.05) is 26.0 Å². The third-order valence-electron chi connectivity index (χ3n) is 2.69. The molecule has 0 spiro atoms. The Morgan fingerprint density at radius 2 is 2.00 bits per heavy atom. The lowest BCUT2D eigenvalue weighted by molar-refractivity contribution is 0.309. The number of hydrogen-bond acceptors (Lipinski definition) is 4. The van der Waals surface area contributed by atoms with Crippen LogP contribution in [0.1, 0.15) is 29.3 Å². The molecule has 0 aliphatic heterocycles. The van der Waals surface area contributed by atoms with E-state index >= 15 is 0 Å². The van der Waals surface area contributed by atoms with E-state index in [1.165, 1.54) is 5.56 Å². The largest absolute Gasteiger partial charge is 0.488 e. The highest BCUT2D eigenvalue weighted by molar-refractivity contribution is 7.11. The zero-order valence-electron chi connectivity index (χ0n) is 11.6. The van der Waals surface area contributed by atoms with E-state index < -0.39 is 0 Å². The van der Waals surface area contributed by atoms with Crippen molar-refractivity contribution in [2.75, 3.05) is 0 Å². The summed E-state index contributed by atoms with van der Waals surface area (Å²) in [5.41, 5.74) is 1.27. The van der Waals surface area contributed by atoms with E-state index in [1.807, 2.05) is 25.3 Å². The highest BCUT2D eigenvalue weighted by Gasteiger charge is 2.00. The van der Waals surface area contributed by atoms with E-state index in [-0.39, 0.29) is 0 Å². The number of hydrogen-bond donors (Lipinski definition) is 1. The smallest absolute Gasteiger partial charge is 0.124 e. The molecular weight excluding hydrogens is 256 g/mol. The minimum absolute atomic E-state index is 0.505. The fourth-order valence-electron chi connectivity index (χ4n) is 1.65. The van der Waals surface area contributed by atoms with Crippen molar-refractivity contribution in [3.8, 4) is 5.75 Å². The van der Waals surface area contributed by atoms with Crippen molar-refractivity contribution in [2.24, 2.45) is 0 Å². The Kier molecular flexibility index (Phi) is 4.93. The Morgan fingerprint density at radius 1 is 1.26 bits per heavy atom. The maximum absolute atomic E-state index is 5.74. The minimum atomic E-state index is 0.505.